The molecular formula is C11H20O3S. The van der Waals surface area contributed by atoms with Crippen molar-refractivity contribution in [2.75, 3.05) is 6.26 Å². The molecule has 2 aliphatic rings. The summed E-state index contributed by atoms with van der Waals surface area (Å²) in [6, 6.07) is 0. The Morgan fingerprint density at radius 2 is 1.80 bits per heavy atom. The number of aliphatic hydroxyl groups is 1. The smallest absolute Gasteiger partial charge is 0.195 e. The summed E-state index contributed by atoms with van der Waals surface area (Å²) in [6.07, 6.45) is 1.83. The number of hydrogen-bond donors (Lipinski definition) is 1. The van der Waals surface area contributed by atoms with Gasteiger partial charge in [-0.2, -0.15) is 0 Å². The second-order valence-electron chi connectivity index (χ2n) is 6.23. The van der Waals surface area contributed by atoms with Crippen LogP contribution in [0.15, 0.2) is 0 Å². The maximum absolute atomic E-state index is 11.8. The molecule has 0 amide bonds. The standard InChI is InChI=1S/C11H20O3S/c1-9(2)6-10(3,4)8-11(14-8,7(9)12)15(5)13/h7-8,12H,6H2,1-5H3/t7?,8-,11-,15?/m0/s1. The lowest BCUT2D eigenvalue weighted by Gasteiger charge is -2.44. The van der Waals surface area contributed by atoms with Gasteiger partial charge >= 0.3 is 0 Å². The Morgan fingerprint density at radius 3 is 2.27 bits per heavy atom. The minimum absolute atomic E-state index is 0.00556. The van der Waals surface area contributed by atoms with E-state index in [0.717, 1.165) is 6.42 Å². The second-order valence-corrected chi connectivity index (χ2v) is 7.78. The second kappa shape index (κ2) is 2.84. The van der Waals surface area contributed by atoms with Gasteiger partial charge in [0.05, 0.1) is 10.8 Å². The SMILES string of the molecule is CS(=O)[C@]12O[C@H]1C(C)(C)CC(C)(C)C2O. The van der Waals surface area contributed by atoms with Gasteiger partial charge in [-0.1, -0.05) is 27.7 Å². The van der Waals surface area contributed by atoms with E-state index >= 15 is 0 Å². The monoisotopic (exact) mass is 232 g/mol. The van der Waals surface area contributed by atoms with Gasteiger partial charge in [0, 0.05) is 6.26 Å². The Bertz CT molecular complexity index is 324. The number of rotatable bonds is 1. The molecule has 1 aliphatic carbocycles. The van der Waals surface area contributed by atoms with E-state index in [4.69, 9.17) is 4.74 Å². The molecule has 4 atom stereocenters. The number of hydrogen-bond acceptors (Lipinski definition) is 3. The van der Waals surface area contributed by atoms with Gasteiger partial charge in [-0.15, -0.1) is 0 Å². The van der Waals surface area contributed by atoms with E-state index in [1.165, 1.54) is 0 Å². The number of epoxide rings is 1. The summed E-state index contributed by atoms with van der Waals surface area (Å²) in [4.78, 5) is -0.800. The average molecular weight is 232 g/mol. The molecule has 2 rings (SSSR count). The largest absolute Gasteiger partial charge is 0.388 e. The van der Waals surface area contributed by atoms with E-state index in [1.54, 1.807) is 6.26 Å². The molecule has 1 saturated carbocycles. The third kappa shape index (κ3) is 1.34. The topological polar surface area (TPSA) is 49.8 Å². The average Bonchev–Trinajstić information content (AvgIpc) is 2.75. The molecule has 0 aromatic carbocycles. The summed E-state index contributed by atoms with van der Waals surface area (Å²) in [5, 5.41) is 10.3. The maximum atomic E-state index is 11.8. The van der Waals surface area contributed by atoms with Crippen LogP contribution in [0.1, 0.15) is 34.1 Å². The minimum atomic E-state index is -1.14. The quantitative estimate of drug-likeness (QED) is 0.693. The zero-order chi connectivity index (χ0) is 11.6. The van der Waals surface area contributed by atoms with Crippen LogP contribution in [-0.2, 0) is 15.5 Å². The van der Waals surface area contributed by atoms with Gasteiger partial charge in [0.25, 0.3) is 0 Å². The summed E-state index contributed by atoms with van der Waals surface area (Å²) in [6.45, 7) is 8.29. The lowest BCUT2D eigenvalue weighted by atomic mass is 9.63. The molecule has 2 fully saturated rings. The highest BCUT2D eigenvalue weighted by molar-refractivity contribution is 7.86. The van der Waals surface area contributed by atoms with E-state index in [-0.39, 0.29) is 16.9 Å². The Balaban J connectivity index is 2.42. The highest BCUT2D eigenvalue weighted by atomic mass is 32.2. The molecule has 2 unspecified atom stereocenters. The van der Waals surface area contributed by atoms with Gasteiger partial charge in [-0.05, 0) is 17.3 Å². The summed E-state index contributed by atoms with van der Waals surface area (Å²) >= 11 is 0. The van der Waals surface area contributed by atoms with Gasteiger partial charge in [0.15, 0.2) is 4.93 Å². The van der Waals surface area contributed by atoms with Crippen LogP contribution in [0, 0.1) is 10.8 Å². The molecule has 1 N–H and O–H groups in total. The van der Waals surface area contributed by atoms with E-state index < -0.39 is 21.8 Å². The first-order valence-corrected chi connectivity index (χ1v) is 6.90. The minimum Gasteiger partial charge on any atom is -0.388 e. The zero-order valence-corrected chi connectivity index (χ0v) is 10.9. The Kier molecular flexibility index (Phi) is 2.19. The molecule has 0 bridgehead atoms. The van der Waals surface area contributed by atoms with Crippen LogP contribution >= 0.6 is 0 Å². The predicted octanol–water partition coefficient (Wildman–Crippen LogP) is 1.28. The van der Waals surface area contributed by atoms with Gasteiger partial charge in [-0.25, -0.2) is 0 Å². The lowest BCUT2D eigenvalue weighted by Crippen LogP contribution is -2.54. The van der Waals surface area contributed by atoms with E-state index in [9.17, 15) is 9.32 Å². The number of aliphatic hydroxyl groups excluding tert-OH is 1. The van der Waals surface area contributed by atoms with Crippen molar-refractivity contribution in [3.63, 3.8) is 0 Å². The molecular weight excluding hydrogens is 212 g/mol. The first-order valence-electron chi connectivity index (χ1n) is 5.34. The molecule has 3 nitrogen and oxygen atoms in total. The Labute approximate surface area is 93.7 Å². The number of ether oxygens (including phenoxy) is 1. The van der Waals surface area contributed by atoms with Crippen molar-refractivity contribution in [2.45, 2.75) is 51.3 Å². The highest BCUT2D eigenvalue weighted by Crippen LogP contribution is 2.62. The third-order valence-electron chi connectivity index (χ3n) is 3.80. The maximum Gasteiger partial charge on any atom is 0.195 e. The first kappa shape index (κ1) is 11.6. The Morgan fingerprint density at radius 1 is 1.27 bits per heavy atom. The summed E-state index contributed by atoms with van der Waals surface area (Å²) in [5.74, 6) is 0. The molecule has 1 saturated heterocycles. The molecule has 4 heteroatoms. The van der Waals surface area contributed by atoms with Crippen LogP contribution in [0.25, 0.3) is 0 Å². The summed E-state index contributed by atoms with van der Waals surface area (Å²) < 4.78 is 17.4. The summed E-state index contributed by atoms with van der Waals surface area (Å²) in [5.41, 5.74) is -0.240. The first-order chi connectivity index (χ1) is 6.64. The highest BCUT2D eigenvalue weighted by Gasteiger charge is 2.75. The normalized spacial score (nSPS) is 48.1. The molecule has 1 heterocycles. The van der Waals surface area contributed by atoms with Crippen LogP contribution in [0.5, 0.6) is 0 Å². The predicted molar refractivity (Wildman–Crippen MR) is 59.9 cm³/mol. The van der Waals surface area contributed by atoms with Crippen molar-refractivity contribution in [2.24, 2.45) is 10.8 Å². The lowest BCUT2D eigenvalue weighted by molar-refractivity contribution is -0.0224. The molecule has 0 spiro atoms. The molecule has 0 radical (unpaired) electrons. The fourth-order valence-corrected chi connectivity index (χ4v) is 4.83. The van der Waals surface area contributed by atoms with Crippen molar-refractivity contribution in [1.29, 1.82) is 0 Å². The van der Waals surface area contributed by atoms with Gasteiger partial charge in [0.2, 0.25) is 0 Å². The van der Waals surface area contributed by atoms with Gasteiger partial charge in [-0.3, -0.25) is 4.21 Å². The van der Waals surface area contributed by atoms with E-state index in [2.05, 4.69) is 13.8 Å². The van der Waals surface area contributed by atoms with Crippen molar-refractivity contribution < 1.29 is 14.1 Å². The van der Waals surface area contributed by atoms with Gasteiger partial charge in [0.1, 0.15) is 12.2 Å². The van der Waals surface area contributed by atoms with Crippen molar-refractivity contribution in [1.82, 2.24) is 0 Å². The molecule has 0 aromatic heterocycles. The fourth-order valence-electron chi connectivity index (χ4n) is 3.35. The van der Waals surface area contributed by atoms with E-state index in [0.29, 0.717) is 0 Å². The van der Waals surface area contributed by atoms with Crippen LogP contribution in [0.3, 0.4) is 0 Å². The molecule has 15 heavy (non-hydrogen) atoms. The zero-order valence-electron chi connectivity index (χ0n) is 10.0. The van der Waals surface area contributed by atoms with Crippen molar-refractivity contribution in [3.05, 3.63) is 0 Å². The molecule has 88 valence electrons. The number of fused-ring (bicyclic) bond motifs is 1. The summed E-state index contributed by atoms with van der Waals surface area (Å²) in [7, 11) is -1.14. The van der Waals surface area contributed by atoms with Crippen LogP contribution in [0.4, 0.5) is 0 Å². The van der Waals surface area contributed by atoms with E-state index in [1.807, 2.05) is 13.8 Å². The van der Waals surface area contributed by atoms with Crippen molar-refractivity contribution in [3.8, 4) is 0 Å². The van der Waals surface area contributed by atoms with Crippen LogP contribution in [-0.4, -0.2) is 32.7 Å². The molecule has 1 aliphatic heterocycles. The van der Waals surface area contributed by atoms with Gasteiger partial charge < -0.3 is 9.84 Å². The fraction of sp³-hybridized carbons (Fsp3) is 1.00. The Hall–Kier alpha value is 0.0700. The third-order valence-corrected chi connectivity index (χ3v) is 5.23. The van der Waals surface area contributed by atoms with Crippen LogP contribution < -0.4 is 0 Å². The van der Waals surface area contributed by atoms with Crippen molar-refractivity contribution >= 4 is 10.8 Å². The molecule has 0 aromatic rings. The van der Waals surface area contributed by atoms with Crippen LogP contribution in [0.2, 0.25) is 0 Å².